The predicted molar refractivity (Wildman–Crippen MR) is 97.1 cm³/mol. The molecule has 1 saturated carbocycles. The van der Waals surface area contributed by atoms with Gasteiger partial charge in [0.25, 0.3) is 0 Å². The molecule has 1 aromatic rings. The van der Waals surface area contributed by atoms with Crippen LogP contribution in [0.25, 0.3) is 0 Å². The van der Waals surface area contributed by atoms with E-state index in [1.807, 2.05) is 0 Å². The van der Waals surface area contributed by atoms with Crippen molar-refractivity contribution in [2.24, 2.45) is 10.4 Å². The second-order valence-corrected chi connectivity index (χ2v) is 7.17. The fraction of sp³-hybridized carbons (Fsp3) is 0.765. The second-order valence-electron chi connectivity index (χ2n) is 6.23. The monoisotopic (exact) mass is 338 g/mol. The van der Waals surface area contributed by atoms with Gasteiger partial charge in [-0.3, -0.25) is 0 Å². The third kappa shape index (κ3) is 5.46. The van der Waals surface area contributed by atoms with Gasteiger partial charge in [0.15, 0.2) is 5.96 Å². The van der Waals surface area contributed by atoms with Crippen LogP contribution in [0.4, 0.5) is 0 Å². The molecular formula is C17H30N4OS. The fourth-order valence-corrected chi connectivity index (χ4v) is 3.60. The maximum absolute atomic E-state index is 5.27. The molecule has 5 nitrogen and oxygen atoms in total. The van der Waals surface area contributed by atoms with Crippen LogP contribution in [0, 0.1) is 5.41 Å². The lowest BCUT2D eigenvalue weighted by Gasteiger charge is -2.42. The number of guanidine groups is 1. The summed E-state index contributed by atoms with van der Waals surface area (Å²) in [6, 6.07) is 0. The average Bonchev–Trinajstić information content (AvgIpc) is 2.99. The minimum absolute atomic E-state index is 0.391. The summed E-state index contributed by atoms with van der Waals surface area (Å²) in [7, 11) is 1.78. The van der Waals surface area contributed by atoms with Crippen molar-refractivity contribution in [3.8, 4) is 0 Å². The normalized spacial score (nSPS) is 16.9. The van der Waals surface area contributed by atoms with Gasteiger partial charge in [-0.2, -0.15) is 0 Å². The third-order valence-electron chi connectivity index (χ3n) is 4.53. The standard InChI is InChI=1S/C17H30N4OS/c1-4-15-21-14(12-23-15)11-19-16(18-5-2)20-13-17(7-6-8-17)9-10-22-3/h12H,4-11,13H2,1-3H3,(H2,18,19,20). The molecule has 1 fully saturated rings. The number of aromatic nitrogens is 1. The van der Waals surface area contributed by atoms with E-state index in [0.29, 0.717) is 12.0 Å². The highest BCUT2D eigenvalue weighted by atomic mass is 32.1. The molecule has 1 aromatic heterocycles. The van der Waals surface area contributed by atoms with E-state index in [2.05, 4.69) is 39.8 Å². The van der Waals surface area contributed by atoms with E-state index < -0.39 is 0 Å². The highest BCUT2D eigenvalue weighted by molar-refractivity contribution is 7.09. The molecule has 1 aliphatic carbocycles. The maximum Gasteiger partial charge on any atom is 0.191 e. The van der Waals surface area contributed by atoms with Gasteiger partial charge in [0.05, 0.1) is 17.2 Å². The summed E-state index contributed by atoms with van der Waals surface area (Å²) in [5.41, 5.74) is 1.45. The van der Waals surface area contributed by atoms with E-state index in [9.17, 15) is 0 Å². The maximum atomic E-state index is 5.27. The zero-order valence-corrected chi connectivity index (χ0v) is 15.5. The summed E-state index contributed by atoms with van der Waals surface area (Å²) >= 11 is 1.72. The second kappa shape index (κ2) is 9.23. The van der Waals surface area contributed by atoms with E-state index >= 15 is 0 Å². The molecule has 0 bridgehead atoms. The molecule has 0 saturated heterocycles. The van der Waals surface area contributed by atoms with Crippen LogP contribution in [0.3, 0.4) is 0 Å². The van der Waals surface area contributed by atoms with Crippen molar-refractivity contribution in [1.29, 1.82) is 0 Å². The highest BCUT2D eigenvalue weighted by Crippen LogP contribution is 2.43. The van der Waals surface area contributed by atoms with Crippen molar-refractivity contribution in [3.63, 3.8) is 0 Å². The molecule has 0 unspecified atom stereocenters. The van der Waals surface area contributed by atoms with Crippen LogP contribution in [0.5, 0.6) is 0 Å². The van der Waals surface area contributed by atoms with Crippen LogP contribution in [-0.2, 0) is 17.7 Å². The van der Waals surface area contributed by atoms with Crippen molar-refractivity contribution in [3.05, 3.63) is 16.1 Å². The van der Waals surface area contributed by atoms with Gasteiger partial charge in [0.1, 0.15) is 0 Å². The third-order valence-corrected chi connectivity index (χ3v) is 5.57. The number of thiazole rings is 1. The molecule has 0 spiro atoms. The van der Waals surface area contributed by atoms with E-state index in [-0.39, 0.29) is 0 Å². The lowest BCUT2D eigenvalue weighted by Crippen LogP contribution is -2.46. The molecular weight excluding hydrogens is 308 g/mol. The Labute approximate surface area is 144 Å². The molecule has 2 N–H and O–H groups in total. The van der Waals surface area contributed by atoms with E-state index in [1.165, 1.54) is 24.3 Å². The number of rotatable bonds is 9. The van der Waals surface area contributed by atoms with Crippen LogP contribution >= 0.6 is 11.3 Å². The lowest BCUT2D eigenvalue weighted by atomic mass is 9.67. The topological polar surface area (TPSA) is 58.5 Å². The first-order chi connectivity index (χ1) is 11.2. The van der Waals surface area contributed by atoms with Gasteiger partial charge in [-0.05, 0) is 38.0 Å². The average molecular weight is 339 g/mol. The predicted octanol–water partition coefficient (Wildman–Crippen LogP) is 2.97. The first-order valence-electron chi connectivity index (χ1n) is 8.66. The number of aliphatic imine (C=N–C) groups is 1. The molecule has 23 heavy (non-hydrogen) atoms. The van der Waals surface area contributed by atoms with Crippen molar-refractivity contribution in [2.45, 2.75) is 52.5 Å². The number of nitrogens with zero attached hydrogens (tertiary/aromatic N) is 2. The highest BCUT2D eigenvalue weighted by Gasteiger charge is 2.36. The zero-order valence-electron chi connectivity index (χ0n) is 14.7. The Morgan fingerprint density at radius 2 is 2.22 bits per heavy atom. The first kappa shape index (κ1) is 18.2. The van der Waals surface area contributed by atoms with Crippen LogP contribution in [0.15, 0.2) is 10.4 Å². The largest absolute Gasteiger partial charge is 0.385 e. The van der Waals surface area contributed by atoms with Gasteiger partial charge in [0, 0.05) is 32.2 Å². The van der Waals surface area contributed by atoms with Gasteiger partial charge >= 0.3 is 0 Å². The minimum atomic E-state index is 0.391. The number of methoxy groups -OCH3 is 1. The Bertz CT molecular complexity index is 497. The summed E-state index contributed by atoms with van der Waals surface area (Å²) < 4.78 is 5.27. The van der Waals surface area contributed by atoms with Gasteiger partial charge in [-0.1, -0.05) is 13.3 Å². The summed E-state index contributed by atoms with van der Waals surface area (Å²) in [6.45, 7) is 7.55. The van der Waals surface area contributed by atoms with Gasteiger partial charge in [0.2, 0.25) is 0 Å². The Hall–Kier alpha value is -1.14. The molecule has 1 heterocycles. The molecule has 0 aliphatic heterocycles. The zero-order chi connectivity index (χ0) is 16.5. The van der Waals surface area contributed by atoms with Crippen molar-refractivity contribution in [1.82, 2.24) is 15.6 Å². The summed E-state index contributed by atoms with van der Waals surface area (Å²) in [6.07, 6.45) is 6.03. The molecule has 0 amide bonds. The van der Waals surface area contributed by atoms with E-state index in [1.54, 1.807) is 18.4 Å². The Balaban J connectivity index is 1.88. The van der Waals surface area contributed by atoms with Crippen LogP contribution in [-0.4, -0.2) is 37.7 Å². The summed E-state index contributed by atoms with van der Waals surface area (Å²) in [5, 5.41) is 10.1. The number of nitrogens with one attached hydrogen (secondary N) is 2. The molecule has 1 aliphatic rings. The number of hydrogen-bond acceptors (Lipinski definition) is 4. The van der Waals surface area contributed by atoms with Crippen LogP contribution in [0.1, 0.15) is 50.2 Å². The summed E-state index contributed by atoms with van der Waals surface area (Å²) in [5.74, 6) is 0.891. The van der Waals surface area contributed by atoms with Crippen molar-refractivity contribution < 1.29 is 4.74 Å². The molecule has 0 radical (unpaired) electrons. The molecule has 130 valence electrons. The van der Waals surface area contributed by atoms with Crippen molar-refractivity contribution in [2.75, 3.05) is 26.8 Å². The van der Waals surface area contributed by atoms with Crippen LogP contribution < -0.4 is 10.6 Å². The minimum Gasteiger partial charge on any atom is -0.385 e. The van der Waals surface area contributed by atoms with Gasteiger partial charge in [-0.25, -0.2) is 9.98 Å². The first-order valence-corrected chi connectivity index (χ1v) is 9.53. The van der Waals surface area contributed by atoms with Crippen molar-refractivity contribution >= 4 is 17.3 Å². The molecule has 0 atom stereocenters. The van der Waals surface area contributed by atoms with Gasteiger partial charge in [-0.15, -0.1) is 11.3 Å². The lowest BCUT2D eigenvalue weighted by molar-refractivity contribution is 0.0732. The fourth-order valence-electron chi connectivity index (χ4n) is 2.87. The number of hydrogen-bond donors (Lipinski definition) is 2. The van der Waals surface area contributed by atoms with Gasteiger partial charge < -0.3 is 15.4 Å². The summed E-state index contributed by atoms with van der Waals surface area (Å²) in [4.78, 5) is 9.26. The Kier molecular flexibility index (Phi) is 7.30. The van der Waals surface area contributed by atoms with Crippen LogP contribution in [0.2, 0.25) is 0 Å². The quantitative estimate of drug-likeness (QED) is 0.537. The SMILES string of the molecule is CCNC(=NCc1csc(CC)n1)NCC1(CCOC)CCC1. The number of aryl methyl sites for hydroxylation is 1. The number of ether oxygens (including phenoxy) is 1. The molecule has 6 heteroatoms. The van der Waals surface area contributed by atoms with E-state index in [4.69, 9.17) is 4.74 Å². The Morgan fingerprint density at radius 1 is 1.39 bits per heavy atom. The molecule has 2 rings (SSSR count). The van der Waals surface area contributed by atoms with E-state index in [0.717, 1.165) is 44.2 Å². The molecule has 0 aromatic carbocycles. The Morgan fingerprint density at radius 3 is 2.78 bits per heavy atom. The smallest absolute Gasteiger partial charge is 0.191 e.